The van der Waals surface area contributed by atoms with Crippen LogP contribution in [0.1, 0.15) is 193 Å². The number of amides is 3. The van der Waals surface area contributed by atoms with Crippen LogP contribution in [0.15, 0.2) is 110 Å². The molecule has 4 fully saturated rings. The molecule has 25 nitrogen and oxygen atoms in total. The largest absolute Gasteiger partial charge is 0.478 e. The van der Waals surface area contributed by atoms with Gasteiger partial charge in [-0.3, -0.25) is 38.8 Å². The highest BCUT2D eigenvalue weighted by molar-refractivity contribution is 6.08. The van der Waals surface area contributed by atoms with Gasteiger partial charge in [0, 0.05) is 222 Å². The van der Waals surface area contributed by atoms with Crippen molar-refractivity contribution in [2.24, 2.45) is 14.1 Å². The van der Waals surface area contributed by atoms with Crippen LogP contribution in [0.2, 0.25) is 0 Å². The molecule has 4 aromatic carbocycles. The lowest BCUT2D eigenvalue weighted by Gasteiger charge is -2.35. The van der Waals surface area contributed by atoms with E-state index in [1.807, 2.05) is 70.9 Å². The molecule has 6 aromatic heterocycles. The van der Waals surface area contributed by atoms with Gasteiger partial charge in [-0.2, -0.15) is 0 Å². The molecule has 10 heterocycles. The Kier molecular flexibility index (Phi) is 28.3. The van der Waals surface area contributed by atoms with Gasteiger partial charge in [-0.05, 0) is 147 Å². The molecule has 4 saturated heterocycles. The molecule has 618 valence electrons. The summed E-state index contributed by atoms with van der Waals surface area (Å²) in [5.74, 6) is -0.604. The van der Waals surface area contributed by atoms with E-state index < -0.39 is 11.9 Å². The van der Waals surface area contributed by atoms with Crippen molar-refractivity contribution in [2.75, 3.05) is 152 Å². The van der Waals surface area contributed by atoms with E-state index in [9.17, 15) is 43.8 Å². The Morgan fingerprint density at radius 1 is 0.457 bits per heavy atom. The van der Waals surface area contributed by atoms with Gasteiger partial charge in [0.05, 0.1) is 75.6 Å². The number of likely N-dealkylation sites (N-methyl/N-ethyl adjacent to an activating group) is 2. The molecule has 0 unspecified atom stereocenters. The van der Waals surface area contributed by atoms with Crippen LogP contribution < -0.4 is 25.8 Å². The number of aromatic carboxylic acids is 2. The molecule has 3 amide bonds. The quantitative estimate of drug-likeness (QED) is 0.0419. The zero-order valence-corrected chi connectivity index (χ0v) is 71.1. The summed E-state index contributed by atoms with van der Waals surface area (Å²) < 4.78 is 8.00. The number of nitrogens with one attached hydrogen (secondary N) is 3. The highest BCUT2D eigenvalue weighted by atomic mass is 16.4. The molecule has 10 aromatic rings. The molecule has 25 heteroatoms. The number of pyridine rings is 2. The van der Waals surface area contributed by atoms with Crippen LogP contribution in [-0.4, -0.2) is 236 Å². The summed E-state index contributed by atoms with van der Waals surface area (Å²) in [4.78, 5) is 110. The molecule has 0 atom stereocenters. The number of ketones is 2. The lowest BCUT2D eigenvalue weighted by molar-refractivity contribution is -0.129. The van der Waals surface area contributed by atoms with Crippen LogP contribution in [0, 0.1) is 13.8 Å². The van der Waals surface area contributed by atoms with Crippen molar-refractivity contribution in [3.63, 3.8) is 0 Å². The molecular formula is C91H120N16O9. The SMILES string of the molecule is CC(=O)c1cc2cc(C)cc(C(C)C)c2n1Cc1cc(N2CCN(C(C)=O)CC2)ccn1.CC(=O)c1cc2cc(C)cc(C(C)C)c2n1Cc1cc(N2CCNCC2)ccn1.CC(C)c1cc(NC(=O)CCN2CCN(C)CC2)cc2c(C(=O)O)cn(C)c12.CC(C)c1cc(NC(=O)CN2CCN(C)CC2)cc2c(C(=O)O)cn(C)c12. The Morgan fingerprint density at radius 2 is 0.853 bits per heavy atom. The summed E-state index contributed by atoms with van der Waals surface area (Å²) in [7, 11) is 7.91. The van der Waals surface area contributed by atoms with Crippen molar-refractivity contribution in [3.05, 3.63) is 177 Å². The number of aromatic nitrogens is 6. The standard InChI is InChI=1S/C26H32N4O2.C24H30N4O.C21H30N4O3.C20H28N4O3/c1-17(2)24-13-18(3)12-21-14-25(19(4)31)30(26(21)24)16-22-15-23(6-7-27-22)29-10-8-28(9-11-29)20(5)32;1-16(2)22-12-17(3)11-19-13-23(18(4)29)28(24(19)22)15-20-14-21(5-6-26-20)27-9-7-25-8-10-27;1-14(2)16-11-15(12-17-18(21(27)28)13-24(4)20(16)17)22-19(26)5-6-25-9-7-23(3)8-10-25;1-13(2)15-9-14(10-16-17(20(26)27)11-23(4)19(15)16)21-18(25)12-24-7-5-22(3)6-8-24/h6-7,12-15,17H,8-11,16H2,1-5H3;5-6,11-14,16,25H,7-10,15H2,1-4H3;11-14H,5-10H2,1-4H3,(H,22,26)(H,27,28);9-11,13H,5-8,12H2,1-4H3,(H,21,25)(H,26,27). The van der Waals surface area contributed by atoms with E-state index in [0.717, 1.165) is 184 Å². The Labute approximate surface area is 682 Å². The maximum absolute atomic E-state index is 12.5. The minimum atomic E-state index is -0.962. The second kappa shape index (κ2) is 38.0. The van der Waals surface area contributed by atoms with Crippen LogP contribution in [0.25, 0.3) is 43.6 Å². The fourth-order valence-electron chi connectivity index (χ4n) is 16.5. The van der Waals surface area contributed by atoms with E-state index in [0.29, 0.717) is 60.0 Å². The molecule has 0 spiro atoms. The first-order valence-corrected chi connectivity index (χ1v) is 41.0. The first-order chi connectivity index (χ1) is 55.2. The fourth-order valence-corrected chi connectivity index (χ4v) is 16.5. The molecule has 4 aliphatic rings. The number of Topliss-reactive ketones (excluding diaryl/α,β-unsaturated/α-hetero) is 2. The van der Waals surface area contributed by atoms with Crippen molar-refractivity contribution < 1.29 is 43.8 Å². The molecular weight excluding hydrogens is 1460 g/mol. The number of anilines is 4. The first kappa shape index (κ1) is 86.3. The fraction of sp³-hybridized carbons (Fsp3) is 0.462. The van der Waals surface area contributed by atoms with Gasteiger partial charge < -0.3 is 73.8 Å². The molecule has 5 N–H and O–H groups in total. The summed E-state index contributed by atoms with van der Waals surface area (Å²) in [5, 5.41) is 32.0. The zero-order valence-electron chi connectivity index (χ0n) is 71.1. The second-order valence-electron chi connectivity index (χ2n) is 33.2. The Balaban J connectivity index is 0.000000152. The van der Waals surface area contributed by atoms with Crippen molar-refractivity contribution in [1.82, 2.24) is 58.1 Å². The molecule has 0 radical (unpaired) electrons. The normalized spacial score (nSPS) is 15.3. The first-order valence-electron chi connectivity index (χ1n) is 41.0. The number of benzene rings is 4. The third kappa shape index (κ3) is 20.8. The van der Waals surface area contributed by atoms with Gasteiger partial charge in [-0.15, -0.1) is 0 Å². The number of hydrogen-bond donors (Lipinski definition) is 5. The van der Waals surface area contributed by atoms with Gasteiger partial charge in [0.1, 0.15) is 0 Å². The Bertz CT molecular complexity index is 5240. The minimum Gasteiger partial charge on any atom is -0.478 e. The number of rotatable bonds is 21. The molecule has 4 aliphatic heterocycles. The highest BCUT2D eigenvalue weighted by Gasteiger charge is 2.27. The highest BCUT2D eigenvalue weighted by Crippen LogP contribution is 2.37. The van der Waals surface area contributed by atoms with Crippen molar-refractivity contribution in [2.45, 2.75) is 133 Å². The van der Waals surface area contributed by atoms with Crippen molar-refractivity contribution in [1.29, 1.82) is 0 Å². The summed E-state index contributed by atoms with van der Waals surface area (Å²) in [6.45, 7) is 43.3. The monoisotopic (exact) mass is 1580 g/mol. The Hall–Kier alpha value is -10.6. The summed E-state index contributed by atoms with van der Waals surface area (Å²) in [6, 6.07) is 28.7. The number of carboxylic acids is 2. The number of carboxylic acid groups (broad SMARTS) is 2. The average Bonchev–Trinajstić information content (AvgIpc) is 1.63. The van der Waals surface area contributed by atoms with Crippen LogP contribution in [0.3, 0.4) is 0 Å². The predicted octanol–water partition coefficient (Wildman–Crippen LogP) is 13.3. The van der Waals surface area contributed by atoms with Crippen LogP contribution in [0.5, 0.6) is 0 Å². The van der Waals surface area contributed by atoms with Crippen LogP contribution in [-0.2, 0) is 41.6 Å². The van der Waals surface area contributed by atoms with E-state index in [-0.39, 0.29) is 52.3 Å². The second-order valence-corrected chi connectivity index (χ2v) is 33.2. The number of carbonyl (C=O) groups excluding carboxylic acids is 5. The van der Waals surface area contributed by atoms with Gasteiger partial charge in [-0.25, -0.2) is 9.59 Å². The van der Waals surface area contributed by atoms with Crippen LogP contribution >= 0.6 is 0 Å². The van der Waals surface area contributed by atoms with E-state index in [4.69, 9.17) is 0 Å². The number of piperazine rings is 4. The molecule has 0 bridgehead atoms. The van der Waals surface area contributed by atoms with E-state index >= 15 is 0 Å². The molecule has 0 saturated carbocycles. The molecule has 0 aliphatic carbocycles. The zero-order chi connectivity index (χ0) is 83.7. The van der Waals surface area contributed by atoms with Gasteiger partial charge >= 0.3 is 11.9 Å². The minimum absolute atomic E-state index is 0.0409. The molecule has 14 rings (SSSR count). The van der Waals surface area contributed by atoms with Gasteiger partial charge in [0.25, 0.3) is 0 Å². The van der Waals surface area contributed by atoms with Crippen molar-refractivity contribution >= 4 is 108 Å². The third-order valence-electron chi connectivity index (χ3n) is 22.8. The van der Waals surface area contributed by atoms with Crippen molar-refractivity contribution in [3.8, 4) is 0 Å². The number of hydrogen-bond acceptors (Lipinski definition) is 16. The van der Waals surface area contributed by atoms with E-state index in [1.165, 1.54) is 27.9 Å². The van der Waals surface area contributed by atoms with Crippen LogP contribution in [0.4, 0.5) is 22.7 Å². The number of carbonyl (C=O) groups is 7. The smallest absolute Gasteiger partial charge is 0.337 e. The maximum Gasteiger partial charge on any atom is 0.337 e. The summed E-state index contributed by atoms with van der Waals surface area (Å²) in [6.07, 6.45) is 7.43. The third-order valence-corrected chi connectivity index (χ3v) is 22.8. The topological polar surface area (TPSA) is 264 Å². The summed E-state index contributed by atoms with van der Waals surface area (Å²) in [5.41, 5.74) is 18.6. The lowest BCUT2D eigenvalue weighted by Crippen LogP contribution is -2.48. The van der Waals surface area contributed by atoms with E-state index in [2.05, 4.69) is 190 Å². The number of aryl methyl sites for hydroxylation is 4. The van der Waals surface area contributed by atoms with E-state index in [1.54, 1.807) is 45.3 Å². The molecule has 116 heavy (non-hydrogen) atoms. The van der Waals surface area contributed by atoms with Gasteiger partial charge in [0.15, 0.2) is 11.6 Å². The van der Waals surface area contributed by atoms with Gasteiger partial charge in [0.2, 0.25) is 17.7 Å². The predicted molar refractivity (Wildman–Crippen MR) is 465 cm³/mol. The maximum atomic E-state index is 12.5. The Morgan fingerprint density at radius 3 is 1.25 bits per heavy atom. The van der Waals surface area contributed by atoms with Gasteiger partial charge in [-0.1, -0.05) is 78.6 Å². The number of fused-ring (bicyclic) bond motifs is 4. The summed E-state index contributed by atoms with van der Waals surface area (Å²) >= 11 is 0. The number of nitrogens with zero attached hydrogens (tertiary/aromatic N) is 13. The lowest BCUT2D eigenvalue weighted by atomic mass is 9.98. The average molecular weight is 1580 g/mol.